The third-order valence-corrected chi connectivity index (χ3v) is 3.89. The van der Waals surface area contributed by atoms with Gasteiger partial charge in [-0.1, -0.05) is 18.2 Å². The minimum absolute atomic E-state index is 0.132. The van der Waals surface area contributed by atoms with E-state index in [0.717, 1.165) is 17.2 Å². The number of aliphatic imine (C=N–C) groups is 1. The first-order chi connectivity index (χ1) is 12.9. The van der Waals surface area contributed by atoms with Crippen LogP contribution in [0.1, 0.15) is 17.2 Å². The van der Waals surface area contributed by atoms with E-state index in [1.54, 1.807) is 18.2 Å². The van der Waals surface area contributed by atoms with Gasteiger partial charge in [-0.05, 0) is 24.6 Å². The molecule has 1 aromatic carbocycles. The summed E-state index contributed by atoms with van der Waals surface area (Å²) >= 11 is 0. The lowest BCUT2D eigenvalue weighted by atomic mass is 10.2. The first-order valence-electron chi connectivity index (χ1n) is 8.39. The highest BCUT2D eigenvalue weighted by atomic mass is 19.3. The van der Waals surface area contributed by atoms with Crippen LogP contribution in [0.2, 0.25) is 0 Å². The third kappa shape index (κ3) is 6.05. The Labute approximate surface area is 157 Å². The normalized spacial score (nSPS) is 11.6. The largest absolute Gasteiger partial charge is 0.435 e. The Balaban J connectivity index is 2.06. The lowest BCUT2D eigenvalue weighted by molar-refractivity contribution is -0.0498. The fourth-order valence-corrected chi connectivity index (χ4v) is 2.33. The SMILES string of the molecule is C=CCNC(=NCc1nnc(C)n1C)N(C)Cc1ccc(OC(F)F)cc1. The maximum atomic E-state index is 12.2. The quantitative estimate of drug-likeness (QED) is 0.434. The Morgan fingerprint density at radius 3 is 2.63 bits per heavy atom. The van der Waals surface area contributed by atoms with Gasteiger partial charge in [0.15, 0.2) is 11.8 Å². The zero-order valence-corrected chi connectivity index (χ0v) is 15.7. The van der Waals surface area contributed by atoms with E-state index in [1.807, 2.05) is 30.5 Å². The number of hydrogen-bond acceptors (Lipinski definition) is 4. The Kier molecular flexibility index (Phi) is 7.27. The molecule has 7 nitrogen and oxygen atoms in total. The number of nitrogens with one attached hydrogen (secondary N) is 1. The third-order valence-electron chi connectivity index (χ3n) is 3.89. The van der Waals surface area contributed by atoms with Crippen LogP contribution < -0.4 is 10.1 Å². The van der Waals surface area contributed by atoms with Crippen molar-refractivity contribution in [2.45, 2.75) is 26.6 Å². The zero-order chi connectivity index (χ0) is 19.8. The lowest BCUT2D eigenvalue weighted by Gasteiger charge is -2.22. The number of halogens is 2. The van der Waals surface area contributed by atoms with Crippen LogP contribution in [0.3, 0.4) is 0 Å². The smallest absolute Gasteiger partial charge is 0.387 e. The molecule has 2 aromatic rings. The van der Waals surface area contributed by atoms with Gasteiger partial charge in [-0.3, -0.25) is 0 Å². The molecule has 0 radical (unpaired) electrons. The van der Waals surface area contributed by atoms with Crippen molar-refractivity contribution in [3.63, 3.8) is 0 Å². The van der Waals surface area contributed by atoms with Crippen LogP contribution in [0.25, 0.3) is 0 Å². The second kappa shape index (κ2) is 9.65. The van der Waals surface area contributed by atoms with Crippen LogP contribution in [-0.4, -0.2) is 45.8 Å². The second-order valence-corrected chi connectivity index (χ2v) is 5.91. The monoisotopic (exact) mass is 378 g/mol. The summed E-state index contributed by atoms with van der Waals surface area (Å²) in [6.45, 7) is 4.23. The van der Waals surface area contributed by atoms with E-state index in [9.17, 15) is 8.78 Å². The van der Waals surface area contributed by atoms with Gasteiger partial charge in [-0.15, -0.1) is 16.8 Å². The molecule has 0 saturated carbocycles. The summed E-state index contributed by atoms with van der Waals surface area (Å²) in [6.07, 6.45) is 1.74. The number of aromatic nitrogens is 3. The number of aryl methyl sites for hydroxylation is 1. The maximum absolute atomic E-state index is 12.2. The molecular formula is C18H24F2N6O. The van der Waals surface area contributed by atoms with Gasteiger partial charge in [0.2, 0.25) is 0 Å². The predicted octanol–water partition coefficient (Wildman–Crippen LogP) is 2.49. The second-order valence-electron chi connectivity index (χ2n) is 5.91. The van der Waals surface area contributed by atoms with Gasteiger partial charge in [0.05, 0.1) is 0 Å². The van der Waals surface area contributed by atoms with Gasteiger partial charge in [0, 0.05) is 27.2 Å². The summed E-state index contributed by atoms with van der Waals surface area (Å²) in [5.74, 6) is 2.38. The summed E-state index contributed by atoms with van der Waals surface area (Å²) in [7, 11) is 3.78. The van der Waals surface area contributed by atoms with Crippen molar-refractivity contribution in [1.82, 2.24) is 25.0 Å². The van der Waals surface area contributed by atoms with E-state index in [0.29, 0.717) is 25.6 Å². The number of benzene rings is 1. The Bertz CT molecular complexity index is 773. The van der Waals surface area contributed by atoms with E-state index in [1.165, 1.54) is 12.1 Å². The molecule has 0 saturated heterocycles. The van der Waals surface area contributed by atoms with E-state index in [4.69, 9.17) is 0 Å². The van der Waals surface area contributed by atoms with E-state index < -0.39 is 6.61 Å². The van der Waals surface area contributed by atoms with Crippen molar-refractivity contribution >= 4 is 5.96 Å². The Morgan fingerprint density at radius 1 is 1.37 bits per heavy atom. The summed E-state index contributed by atoms with van der Waals surface area (Å²) in [6, 6.07) is 6.52. The van der Waals surface area contributed by atoms with Crippen LogP contribution in [0.15, 0.2) is 41.9 Å². The van der Waals surface area contributed by atoms with Gasteiger partial charge in [0.25, 0.3) is 0 Å². The molecule has 0 aliphatic rings. The molecular weight excluding hydrogens is 354 g/mol. The van der Waals surface area contributed by atoms with Crippen molar-refractivity contribution in [1.29, 1.82) is 0 Å². The molecule has 0 fully saturated rings. The van der Waals surface area contributed by atoms with Crippen LogP contribution >= 0.6 is 0 Å². The van der Waals surface area contributed by atoms with Crippen molar-refractivity contribution in [3.05, 3.63) is 54.1 Å². The van der Waals surface area contributed by atoms with Gasteiger partial charge in [0.1, 0.15) is 18.1 Å². The molecule has 9 heteroatoms. The van der Waals surface area contributed by atoms with Gasteiger partial charge < -0.3 is 19.5 Å². The Hall–Kier alpha value is -2.97. The summed E-state index contributed by atoms with van der Waals surface area (Å²) < 4.78 is 30.7. The van der Waals surface area contributed by atoms with Crippen molar-refractivity contribution < 1.29 is 13.5 Å². The van der Waals surface area contributed by atoms with Crippen LogP contribution in [0, 0.1) is 6.92 Å². The molecule has 2 rings (SSSR count). The molecule has 1 aromatic heterocycles. The number of hydrogen-bond donors (Lipinski definition) is 1. The highest BCUT2D eigenvalue weighted by Crippen LogP contribution is 2.15. The zero-order valence-electron chi connectivity index (χ0n) is 15.7. The number of alkyl halides is 2. The highest BCUT2D eigenvalue weighted by Gasteiger charge is 2.10. The minimum atomic E-state index is -2.83. The molecule has 146 valence electrons. The molecule has 0 bridgehead atoms. The average molecular weight is 378 g/mol. The average Bonchev–Trinajstić information content (AvgIpc) is 2.95. The van der Waals surface area contributed by atoms with Gasteiger partial charge in [-0.25, -0.2) is 4.99 Å². The summed E-state index contributed by atoms with van der Waals surface area (Å²) in [5.41, 5.74) is 0.932. The van der Waals surface area contributed by atoms with Crippen LogP contribution in [-0.2, 0) is 20.1 Å². The standard InChI is InChI=1S/C18H24F2N6O/c1-5-10-21-18(22-11-16-24-23-13(2)26(16)4)25(3)12-14-6-8-15(9-7-14)27-17(19)20/h5-9,17H,1,10-12H2,2-4H3,(H,21,22). The van der Waals surface area contributed by atoms with E-state index >= 15 is 0 Å². The molecule has 0 amide bonds. The van der Waals surface area contributed by atoms with Crippen molar-refractivity contribution in [2.24, 2.45) is 12.0 Å². The molecule has 0 atom stereocenters. The first-order valence-corrected chi connectivity index (χ1v) is 8.39. The number of rotatable bonds is 8. The topological polar surface area (TPSA) is 67.6 Å². The predicted molar refractivity (Wildman–Crippen MR) is 99.6 cm³/mol. The van der Waals surface area contributed by atoms with E-state index in [-0.39, 0.29) is 5.75 Å². The fraction of sp³-hybridized carbons (Fsp3) is 0.389. The molecule has 1 heterocycles. The van der Waals surface area contributed by atoms with Gasteiger partial charge in [-0.2, -0.15) is 8.78 Å². The molecule has 0 aliphatic carbocycles. The molecule has 1 N–H and O–H groups in total. The lowest BCUT2D eigenvalue weighted by Crippen LogP contribution is -2.38. The highest BCUT2D eigenvalue weighted by molar-refractivity contribution is 5.79. The minimum Gasteiger partial charge on any atom is -0.435 e. The fourth-order valence-electron chi connectivity index (χ4n) is 2.33. The summed E-state index contributed by atoms with van der Waals surface area (Å²) in [4.78, 5) is 6.52. The number of ether oxygens (including phenoxy) is 1. The molecule has 27 heavy (non-hydrogen) atoms. The van der Waals surface area contributed by atoms with Crippen LogP contribution in [0.5, 0.6) is 5.75 Å². The number of nitrogens with zero attached hydrogens (tertiary/aromatic N) is 5. The molecule has 0 aliphatic heterocycles. The van der Waals surface area contributed by atoms with Gasteiger partial charge >= 0.3 is 6.61 Å². The molecule has 0 unspecified atom stereocenters. The first kappa shape index (κ1) is 20.3. The van der Waals surface area contributed by atoms with E-state index in [2.05, 4.69) is 31.8 Å². The summed E-state index contributed by atoms with van der Waals surface area (Å²) in [5, 5.41) is 11.3. The Morgan fingerprint density at radius 2 is 2.07 bits per heavy atom. The maximum Gasteiger partial charge on any atom is 0.387 e. The van der Waals surface area contributed by atoms with Crippen LogP contribution in [0.4, 0.5) is 8.78 Å². The van der Waals surface area contributed by atoms with Crippen molar-refractivity contribution in [3.8, 4) is 5.75 Å². The molecule has 0 spiro atoms. The van der Waals surface area contributed by atoms with Crippen molar-refractivity contribution in [2.75, 3.05) is 13.6 Å². The number of guanidine groups is 1.